The summed E-state index contributed by atoms with van der Waals surface area (Å²) in [5, 5.41) is 0. The Morgan fingerprint density at radius 2 is 1.76 bits per heavy atom. The van der Waals surface area contributed by atoms with E-state index < -0.39 is 0 Å². The third kappa shape index (κ3) is 10.5. The molecule has 1 aromatic heterocycles. The van der Waals surface area contributed by atoms with Gasteiger partial charge < -0.3 is 0 Å². The van der Waals surface area contributed by atoms with Crippen LogP contribution in [0.2, 0.25) is 0 Å². The van der Waals surface area contributed by atoms with E-state index in [0.29, 0.717) is 29.6 Å². The highest BCUT2D eigenvalue weighted by atomic mass is 14.8. The van der Waals surface area contributed by atoms with Gasteiger partial charge in [0.25, 0.3) is 0 Å². The molecule has 0 bridgehead atoms. The minimum Gasteiger partial charge on any atom is -0.289 e. The predicted octanol–water partition coefficient (Wildman–Crippen LogP) is 13.1. The zero-order valence-corrected chi connectivity index (χ0v) is 31.7. The fourth-order valence-corrected chi connectivity index (χ4v) is 7.39. The van der Waals surface area contributed by atoms with Crippen molar-refractivity contribution in [1.29, 1.82) is 0 Å². The van der Waals surface area contributed by atoms with E-state index >= 15 is 0 Å². The molecular formula is C47H62N2. The van der Waals surface area contributed by atoms with Crippen LogP contribution in [0.25, 0.3) is 11.1 Å². The summed E-state index contributed by atoms with van der Waals surface area (Å²) >= 11 is 0. The number of aliphatic imine (C=N–C) groups is 1. The maximum atomic E-state index is 5.15. The van der Waals surface area contributed by atoms with Crippen LogP contribution in [0.15, 0.2) is 138 Å². The minimum absolute atomic E-state index is 0.234. The molecular weight excluding hydrogens is 593 g/mol. The van der Waals surface area contributed by atoms with Crippen molar-refractivity contribution in [2.75, 3.05) is 0 Å². The molecule has 0 spiro atoms. The highest BCUT2D eigenvalue weighted by Crippen LogP contribution is 2.42. The standard InChI is InChI=1S/C47H62N2/c1-11-17-22-39(16-6)47(40-27-25-38(15-5)26-28-40)45(24-18-12-2)37(10)35(8)43(20-13-3)34(7)36(9)44(21-14-4)46-30-29-42(33-49-46)41-23-19-31-48-32-41/h12-14,17-20,22-29,31-36,43-44,46H,2,4,11,15-16,21,30H2,1,3,5-10H3/b20-13-,22-17-,24-18-,45-37-,47-39+. The quantitative estimate of drug-likeness (QED) is 0.116. The Balaban J connectivity index is 2.07. The zero-order chi connectivity index (χ0) is 35.8. The van der Waals surface area contributed by atoms with Gasteiger partial charge in [-0.1, -0.05) is 139 Å². The fraction of sp³-hybridized carbons (Fsp3) is 0.404. The van der Waals surface area contributed by atoms with E-state index in [1.54, 1.807) is 0 Å². The molecule has 0 saturated heterocycles. The molecule has 0 N–H and O–H groups in total. The van der Waals surface area contributed by atoms with Crippen molar-refractivity contribution in [2.45, 2.75) is 93.5 Å². The second-order valence-electron chi connectivity index (χ2n) is 13.6. The molecule has 0 radical (unpaired) electrons. The minimum atomic E-state index is 0.234. The number of rotatable bonds is 18. The average molecular weight is 655 g/mol. The maximum Gasteiger partial charge on any atom is 0.0568 e. The van der Waals surface area contributed by atoms with Gasteiger partial charge in [-0.3, -0.25) is 9.98 Å². The molecule has 0 aliphatic carbocycles. The van der Waals surface area contributed by atoms with Gasteiger partial charge in [-0.25, -0.2) is 0 Å². The SMILES string of the molecule is C=C\C=C/C(=C(\C)C(C)C(/C=C\C)C(C)C(C)C(CC=C)C1CC=C(c2cccnc2)C=N1)C(=C(/C=C\CC)CC)/c1ccc(CC)cc1. The van der Waals surface area contributed by atoms with Gasteiger partial charge in [-0.15, -0.1) is 6.58 Å². The summed E-state index contributed by atoms with van der Waals surface area (Å²) in [5.41, 5.74) is 10.3. The molecule has 0 fully saturated rings. The third-order valence-corrected chi connectivity index (χ3v) is 10.7. The van der Waals surface area contributed by atoms with Gasteiger partial charge in [0.2, 0.25) is 0 Å². The Kier molecular flexibility index (Phi) is 16.5. The number of aryl methyl sites for hydroxylation is 1. The van der Waals surface area contributed by atoms with Crippen molar-refractivity contribution in [2.24, 2.45) is 34.6 Å². The highest BCUT2D eigenvalue weighted by molar-refractivity contribution is 6.10. The first-order valence-corrected chi connectivity index (χ1v) is 18.6. The summed E-state index contributed by atoms with van der Waals surface area (Å²) in [6.45, 7) is 26.8. The molecule has 6 unspecified atom stereocenters. The Morgan fingerprint density at radius 1 is 1.00 bits per heavy atom. The molecule has 1 aromatic carbocycles. The van der Waals surface area contributed by atoms with Crippen LogP contribution in [0, 0.1) is 29.6 Å². The van der Waals surface area contributed by atoms with Gasteiger partial charge in [0.1, 0.15) is 0 Å². The molecule has 0 saturated carbocycles. The van der Waals surface area contributed by atoms with E-state index in [0.717, 1.165) is 43.2 Å². The van der Waals surface area contributed by atoms with Crippen LogP contribution < -0.4 is 0 Å². The van der Waals surface area contributed by atoms with Gasteiger partial charge in [0.15, 0.2) is 0 Å². The number of benzene rings is 1. The highest BCUT2D eigenvalue weighted by Gasteiger charge is 2.35. The molecule has 2 heteroatoms. The lowest BCUT2D eigenvalue weighted by Crippen LogP contribution is -2.34. The van der Waals surface area contributed by atoms with Crippen LogP contribution in [0.4, 0.5) is 0 Å². The summed E-state index contributed by atoms with van der Waals surface area (Å²) in [5.74, 6) is 1.93. The molecule has 2 aromatic rings. The van der Waals surface area contributed by atoms with Crippen molar-refractivity contribution >= 4 is 17.4 Å². The first-order valence-electron chi connectivity index (χ1n) is 18.6. The second kappa shape index (κ2) is 20.5. The lowest BCUT2D eigenvalue weighted by atomic mass is 9.67. The largest absolute Gasteiger partial charge is 0.289 e. The van der Waals surface area contributed by atoms with E-state index in [4.69, 9.17) is 4.99 Å². The molecule has 0 amide bonds. The summed E-state index contributed by atoms with van der Waals surface area (Å²) < 4.78 is 0. The van der Waals surface area contributed by atoms with Crippen LogP contribution in [0.3, 0.4) is 0 Å². The number of nitrogens with zero attached hydrogens (tertiary/aromatic N) is 2. The summed E-state index contributed by atoms with van der Waals surface area (Å²) in [4.78, 5) is 9.46. The molecule has 1 aliphatic heterocycles. The number of pyridine rings is 1. The number of dihydropyridines is 1. The van der Waals surface area contributed by atoms with Crippen molar-refractivity contribution < 1.29 is 0 Å². The van der Waals surface area contributed by atoms with Gasteiger partial charge in [0, 0.05) is 24.2 Å². The first-order chi connectivity index (χ1) is 23.8. The van der Waals surface area contributed by atoms with Crippen LogP contribution in [-0.4, -0.2) is 17.2 Å². The van der Waals surface area contributed by atoms with E-state index in [1.807, 2.05) is 24.5 Å². The fourth-order valence-electron chi connectivity index (χ4n) is 7.39. The number of aromatic nitrogens is 1. The van der Waals surface area contributed by atoms with E-state index in [-0.39, 0.29) is 6.04 Å². The van der Waals surface area contributed by atoms with E-state index in [9.17, 15) is 0 Å². The Bertz CT molecular complexity index is 1560. The topological polar surface area (TPSA) is 25.2 Å². The van der Waals surface area contributed by atoms with Crippen molar-refractivity contribution in [3.8, 4) is 0 Å². The van der Waals surface area contributed by atoms with Crippen LogP contribution in [0.1, 0.15) is 97.8 Å². The van der Waals surface area contributed by atoms with Crippen LogP contribution >= 0.6 is 0 Å². The van der Waals surface area contributed by atoms with Crippen molar-refractivity contribution in [3.05, 3.63) is 150 Å². The van der Waals surface area contributed by atoms with Gasteiger partial charge >= 0.3 is 0 Å². The van der Waals surface area contributed by atoms with Crippen molar-refractivity contribution in [1.82, 2.24) is 4.98 Å². The molecule has 2 nitrogen and oxygen atoms in total. The molecule has 260 valence electrons. The second-order valence-corrected chi connectivity index (χ2v) is 13.6. The van der Waals surface area contributed by atoms with Gasteiger partial charge in [-0.05, 0) is 115 Å². The van der Waals surface area contributed by atoms with Gasteiger partial charge in [0.05, 0.1) is 6.04 Å². The Morgan fingerprint density at radius 3 is 2.31 bits per heavy atom. The molecule has 2 heterocycles. The zero-order valence-electron chi connectivity index (χ0n) is 31.7. The lowest BCUT2D eigenvalue weighted by molar-refractivity contribution is 0.172. The first kappa shape index (κ1) is 39.4. The summed E-state index contributed by atoms with van der Waals surface area (Å²) in [7, 11) is 0. The molecule has 3 rings (SSSR count). The Hall–Kier alpha value is -4.04. The number of hydrogen-bond donors (Lipinski definition) is 0. The van der Waals surface area contributed by atoms with E-state index in [2.05, 4.69) is 159 Å². The molecule has 1 aliphatic rings. The smallest absolute Gasteiger partial charge is 0.0568 e. The average Bonchev–Trinajstić information content (AvgIpc) is 3.15. The predicted molar refractivity (Wildman–Crippen MR) is 218 cm³/mol. The lowest BCUT2D eigenvalue weighted by Gasteiger charge is -2.39. The number of hydrogen-bond acceptors (Lipinski definition) is 2. The monoisotopic (exact) mass is 654 g/mol. The van der Waals surface area contributed by atoms with Crippen LogP contribution in [-0.2, 0) is 6.42 Å². The molecule has 6 atom stereocenters. The maximum absolute atomic E-state index is 5.15. The normalized spacial score (nSPS) is 19.3. The summed E-state index contributed by atoms with van der Waals surface area (Å²) in [6.07, 6.45) is 30.8. The molecule has 49 heavy (non-hydrogen) atoms. The third-order valence-electron chi connectivity index (χ3n) is 10.7. The van der Waals surface area contributed by atoms with Crippen LogP contribution in [0.5, 0.6) is 0 Å². The summed E-state index contributed by atoms with van der Waals surface area (Å²) in [6, 6.07) is 13.5. The van der Waals surface area contributed by atoms with E-state index in [1.165, 1.54) is 33.4 Å². The van der Waals surface area contributed by atoms with Gasteiger partial charge in [-0.2, -0.15) is 0 Å². The van der Waals surface area contributed by atoms with Crippen molar-refractivity contribution in [3.63, 3.8) is 0 Å². The number of allylic oxidation sites excluding steroid dienone is 13. The Labute approximate surface area is 299 Å².